The van der Waals surface area contributed by atoms with E-state index in [1.54, 1.807) is 0 Å². The Balaban J connectivity index is 1.24. The van der Waals surface area contributed by atoms with Gasteiger partial charge in [0.2, 0.25) is 0 Å². The summed E-state index contributed by atoms with van der Waals surface area (Å²) in [5.41, 5.74) is 17.8. The third-order valence-electron chi connectivity index (χ3n) is 11.4. The number of hydrogen-bond donors (Lipinski definition) is 0. The third-order valence-corrected chi connectivity index (χ3v) is 11.4. The molecule has 7 aromatic carbocycles. The van der Waals surface area contributed by atoms with Crippen LogP contribution < -0.4 is 4.90 Å². The van der Waals surface area contributed by atoms with Gasteiger partial charge in [-0.15, -0.1) is 0 Å². The first kappa shape index (κ1) is 31.4. The van der Waals surface area contributed by atoms with Crippen LogP contribution in [0.3, 0.4) is 0 Å². The number of allylic oxidation sites excluding steroid dienone is 4. The van der Waals surface area contributed by atoms with Crippen molar-refractivity contribution in [2.24, 2.45) is 0 Å². The van der Waals surface area contributed by atoms with Crippen molar-refractivity contribution in [3.63, 3.8) is 0 Å². The number of anilines is 3. The van der Waals surface area contributed by atoms with Gasteiger partial charge in [-0.1, -0.05) is 159 Å². The van der Waals surface area contributed by atoms with Crippen molar-refractivity contribution in [3.05, 3.63) is 193 Å². The van der Waals surface area contributed by atoms with Gasteiger partial charge in [0.15, 0.2) is 0 Å². The van der Waals surface area contributed by atoms with E-state index in [1.807, 2.05) is 6.07 Å². The quantitative estimate of drug-likeness (QED) is 0.174. The van der Waals surface area contributed by atoms with Crippen LogP contribution >= 0.6 is 0 Å². The number of nitrogens with zero attached hydrogens (tertiary/aromatic N) is 1. The van der Waals surface area contributed by atoms with E-state index >= 15 is 0 Å². The molecule has 2 nitrogen and oxygen atoms in total. The molecule has 1 aromatic heterocycles. The maximum Gasteiger partial charge on any atom is 0.137 e. The molecule has 0 spiro atoms. The van der Waals surface area contributed by atoms with Gasteiger partial charge in [0.1, 0.15) is 11.2 Å². The Hall–Kier alpha value is -6.38. The Bertz CT molecular complexity index is 2760. The van der Waals surface area contributed by atoms with Crippen LogP contribution in [0.4, 0.5) is 17.1 Å². The lowest BCUT2D eigenvalue weighted by atomic mass is 9.82. The fraction of sp³-hybridized carbons (Fsp3) is 0.0980. The first-order valence-corrected chi connectivity index (χ1v) is 18.7. The molecule has 0 aliphatic heterocycles. The Labute approximate surface area is 311 Å². The van der Waals surface area contributed by atoms with Gasteiger partial charge in [-0.2, -0.15) is 0 Å². The van der Waals surface area contributed by atoms with Gasteiger partial charge >= 0.3 is 0 Å². The molecule has 2 aliphatic rings. The molecule has 0 atom stereocenters. The lowest BCUT2D eigenvalue weighted by Crippen LogP contribution is -2.15. The summed E-state index contributed by atoms with van der Waals surface area (Å²) < 4.78 is 6.50. The van der Waals surface area contributed by atoms with Crippen LogP contribution in [0.2, 0.25) is 0 Å². The van der Waals surface area contributed by atoms with Crippen LogP contribution in [-0.2, 0) is 5.41 Å². The van der Waals surface area contributed by atoms with Gasteiger partial charge in [0.25, 0.3) is 0 Å². The van der Waals surface area contributed by atoms with Crippen molar-refractivity contribution >= 4 is 44.6 Å². The zero-order chi connectivity index (χ0) is 35.5. The lowest BCUT2D eigenvalue weighted by Gasteiger charge is -2.31. The average molecular weight is 682 g/mol. The van der Waals surface area contributed by atoms with Gasteiger partial charge in [0.05, 0.1) is 22.4 Å². The first-order valence-electron chi connectivity index (χ1n) is 18.7. The molecule has 8 aromatic rings. The van der Waals surface area contributed by atoms with Crippen LogP contribution in [-0.4, -0.2) is 0 Å². The zero-order valence-electron chi connectivity index (χ0n) is 30.0. The number of fused-ring (bicyclic) bond motifs is 6. The monoisotopic (exact) mass is 681 g/mol. The second-order valence-electron chi connectivity index (χ2n) is 14.8. The Morgan fingerprint density at radius 2 is 1.11 bits per heavy atom. The molecule has 254 valence electrons. The van der Waals surface area contributed by atoms with Gasteiger partial charge in [-0.3, -0.25) is 0 Å². The molecular formula is C51H39NO. The molecular weight excluding hydrogens is 643 g/mol. The molecule has 1 heterocycles. The topological polar surface area (TPSA) is 16.4 Å². The second-order valence-corrected chi connectivity index (χ2v) is 14.8. The molecule has 2 aliphatic carbocycles. The number of rotatable bonds is 6. The Morgan fingerprint density at radius 1 is 0.509 bits per heavy atom. The van der Waals surface area contributed by atoms with Crippen molar-refractivity contribution in [2.45, 2.75) is 32.1 Å². The summed E-state index contributed by atoms with van der Waals surface area (Å²) in [5.74, 6) is 0. The van der Waals surface area contributed by atoms with Crippen LogP contribution in [0.15, 0.2) is 180 Å². The minimum absolute atomic E-state index is 0.0966. The molecule has 10 rings (SSSR count). The van der Waals surface area contributed by atoms with E-state index < -0.39 is 0 Å². The predicted octanol–water partition coefficient (Wildman–Crippen LogP) is 14.4. The van der Waals surface area contributed by atoms with Crippen molar-refractivity contribution in [3.8, 4) is 33.4 Å². The van der Waals surface area contributed by atoms with Gasteiger partial charge in [-0.05, 0) is 87.7 Å². The van der Waals surface area contributed by atoms with Crippen LogP contribution in [0.5, 0.6) is 0 Å². The number of para-hydroxylation sites is 3. The fourth-order valence-corrected chi connectivity index (χ4v) is 8.83. The SMILES string of the molecule is CC1(C)c2ccccc2-c2c(-c3ccccc3N(c3ccccc3-c3ccc(C4=CC=CCC4)cc3)c3cccc4oc5ccccc5c34)cccc21. The Morgan fingerprint density at radius 3 is 1.92 bits per heavy atom. The summed E-state index contributed by atoms with van der Waals surface area (Å²) in [6.07, 6.45) is 8.84. The van der Waals surface area contributed by atoms with Crippen LogP contribution in [0.1, 0.15) is 43.4 Å². The normalized spacial score (nSPS) is 14.3. The third kappa shape index (κ3) is 5.01. The summed E-state index contributed by atoms with van der Waals surface area (Å²) >= 11 is 0. The highest BCUT2D eigenvalue weighted by atomic mass is 16.3. The largest absolute Gasteiger partial charge is 0.456 e. The molecule has 0 N–H and O–H groups in total. The summed E-state index contributed by atoms with van der Waals surface area (Å²) in [6, 6.07) is 57.6. The van der Waals surface area contributed by atoms with Crippen LogP contribution in [0.25, 0.3) is 60.9 Å². The first-order chi connectivity index (χ1) is 26.1. The van der Waals surface area contributed by atoms with Crippen molar-refractivity contribution < 1.29 is 4.42 Å². The van der Waals surface area contributed by atoms with E-state index in [2.05, 4.69) is 189 Å². The predicted molar refractivity (Wildman–Crippen MR) is 223 cm³/mol. The number of benzene rings is 7. The molecule has 2 heteroatoms. The molecule has 0 fully saturated rings. The molecule has 53 heavy (non-hydrogen) atoms. The van der Waals surface area contributed by atoms with Gasteiger partial charge < -0.3 is 9.32 Å². The van der Waals surface area contributed by atoms with E-state index in [0.717, 1.165) is 51.8 Å². The molecule has 0 unspecified atom stereocenters. The van der Waals surface area contributed by atoms with E-state index in [1.165, 1.54) is 55.6 Å². The van der Waals surface area contributed by atoms with E-state index in [0.29, 0.717) is 0 Å². The minimum Gasteiger partial charge on any atom is -0.456 e. The maximum absolute atomic E-state index is 6.50. The molecule has 0 saturated carbocycles. The van der Waals surface area contributed by atoms with Crippen molar-refractivity contribution in [2.75, 3.05) is 4.90 Å². The second kappa shape index (κ2) is 12.4. The number of hydrogen-bond acceptors (Lipinski definition) is 2. The summed E-state index contributed by atoms with van der Waals surface area (Å²) in [6.45, 7) is 4.71. The van der Waals surface area contributed by atoms with E-state index in [4.69, 9.17) is 4.42 Å². The summed E-state index contributed by atoms with van der Waals surface area (Å²) in [7, 11) is 0. The highest BCUT2D eigenvalue weighted by Gasteiger charge is 2.37. The van der Waals surface area contributed by atoms with Gasteiger partial charge in [-0.25, -0.2) is 0 Å². The average Bonchev–Trinajstić information content (AvgIpc) is 3.71. The smallest absolute Gasteiger partial charge is 0.137 e. The highest BCUT2D eigenvalue weighted by Crippen LogP contribution is 2.55. The minimum atomic E-state index is -0.0966. The van der Waals surface area contributed by atoms with Crippen LogP contribution in [0, 0.1) is 0 Å². The Kier molecular flexibility index (Phi) is 7.33. The maximum atomic E-state index is 6.50. The van der Waals surface area contributed by atoms with Gasteiger partial charge in [0, 0.05) is 21.9 Å². The van der Waals surface area contributed by atoms with Crippen molar-refractivity contribution in [1.29, 1.82) is 0 Å². The lowest BCUT2D eigenvalue weighted by molar-refractivity contribution is 0.660. The van der Waals surface area contributed by atoms with Crippen molar-refractivity contribution in [1.82, 2.24) is 0 Å². The molecule has 0 amide bonds. The van der Waals surface area contributed by atoms with E-state index in [-0.39, 0.29) is 5.41 Å². The standard InChI is InChI=1S/C51H39NO/c1-51(2)42-23-10-6-20-40(42)49-39(22-14-24-43(49)51)38-19-8-12-26-45(38)52(46-27-15-29-48-50(46)41-21-9-13-28-47(41)53-48)44-25-11-7-18-37(44)36-32-30-35(31-33-36)34-16-4-3-5-17-34/h3-4,6-16,18-33H,5,17H2,1-2H3. The molecule has 0 bridgehead atoms. The highest BCUT2D eigenvalue weighted by molar-refractivity contribution is 6.14. The summed E-state index contributed by atoms with van der Waals surface area (Å²) in [4.78, 5) is 2.47. The fourth-order valence-electron chi connectivity index (χ4n) is 8.83. The molecule has 0 radical (unpaired) electrons. The number of furan rings is 1. The molecule has 0 saturated heterocycles. The van der Waals surface area contributed by atoms with E-state index in [9.17, 15) is 0 Å². The zero-order valence-corrected chi connectivity index (χ0v) is 30.0. The summed E-state index contributed by atoms with van der Waals surface area (Å²) in [5, 5.41) is 2.21.